The zero-order chi connectivity index (χ0) is 39.3. The fourth-order valence-electron chi connectivity index (χ4n) is 7.54. The molecule has 1 unspecified atom stereocenters. The van der Waals surface area contributed by atoms with E-state index in [2.05, 4.69) is 19.2 Å². The van der Waals surface area contributed by atoms with E-state index in [9.17, 15) is 14.4 Å². The van der Waals surface area contributed by atoms with Gasteiger partial charge in [-0.3, -0.25) is 14.4 Å². The second-order valence-electron chi connectivity index (χ2n) is 16.3. The van der Waals surface area contributed by atoms with Gasteiger partial charge in [-0.2, -0.15) is 0 Å². The Morgan fingerprint density at radius 2 is 0.981 bits per heavy atom. The molecular weight excluding hydrogens is 669 g/mol. The largest absolute Gasteiger partial charge is 0.365 e. The van der Waals surface area contributed by atoms with Gasteiger partial charge < -0.3 is 16.0 Å². The van der Waals surface area contributed by atoms with Crippen LogP contribution in [0.2, 0.25) is 0 Å². The normalized spacial score (nSPS) is 11.8. The van der Waals surface area contributed by atoms with Crippen LogP contribution in [0.3, 0.4) is 0 Å². The quantitative estimate of drug-likeness (QED) is 0.0517. The molecule has 1 aromatic heterocycles. The maximum atomic E-state index is 13.6. The van der Waals surface area contributed by atoms with Gasteiger partial charge in [-0.15, -0.1) is 0 Å². The number of hydrogen-bond donors (Lipinski definition) is 2. The number of hydrogen-bond acceptors (Lipinski definition) is 3. The summed E-state index contributed by atoms with van der Waals surface area (Å²) >= 11 is 0. The highest BCUT2D eigenvalue weighted by Gasteiger charge is 2.21. The van der Waals surface area contributed by atoms with E-state index in [1.54, 1.807) is 12.3 Å². The molecule has 0 fully saturated rings. The van der Waals surface area contributed by atoms with Gasteiger partial charge in [-0.1, -0.05) is 181 Å². The summed E-state index contributed by atoms with van der Waals surface area (Å²) in [6, 6.07) is 3.04. The number of primary amides is 1. The zero-order valence-corrected chi connectivity index (χ0v) is 35.8. The first-order chi connectivity index (χ1) is 26.4. The molecule has 3 amide bonds. The Labute approximate surface area is 333 Å². The van der Waals surface area contributed by atoms with Gasteiger partial charge in [0.15, 0.2) is 12.4 Å². The molecule has 0 aliphatic rings. The molecule has 312 valence electrons. The number of amides is 3. The maximum absolute atomic E-state index is 13.6. The van der Waals surface area contributed by atoms with Gasteiger partial charge in [0.05, 0.1) is 0 Å². The molecular formula is C47H87N4O3+. The minimum atomic E-state index is -0.497. The molecule has 0 bridgehead atoms. The van der Waals surface area contributed by atoms with E-state index in [4.69, 9.17) is 5.73 Å². The van der Waals surface area contributed by atoms with Crippen molar-refractivity contribution in [3.8, 4) is 0 Å². The summed E-state index contributed by atoms with van der Waals surface area (Å²) in [4.78, 5) is 39.9. The summed E-state index contributed by atoms with van der Waals surface area (Å²) in [5.41, 5.74) is 5.89. The van der Waals surface area contributed by atoms with Crippen molar-refractivity contribution in [3.63, 3.8) is 0 Å². The number of aryl methyl sites for hydroxylation is 1. The molecule has 54 heavy (non-hydrogen) atoms. The first-order valence-corrected chi connectivity index (χ1v) is 23.3. The van der Waals surface area contributed by atoms with Gasteiger partial charge in [-0.25, -0.2) is 4.57 Å². The number of carbonyl (C=O) groups is 3. The van der Waals surface area contributed by atoms with Crippen LogP contribution >= 0.6 is 0 Å². The Balaban J connectivity index is 2.35. The first-order valence-electron chi connectivity index (χ1n) is 23.3. The Morgan fingerprint density at radius 3 is 1.39 bits per heavy atom. The second kappa shape index (κ2) is 36.2. The molecule has 0 aromatic carbocycles. The number of unbranched alkanes of at least 4 members (excludes halogenated alkanes) is 28. The molecule has 1 rings (SSSR count). The molecule has 0 spiro atoms. The summed E-state index contributed by atoms with van der Waals surface area (Å²) < 4.78 is 1.96. The van der Waals surface area contributed by atoms with E-state index in [0.717, 1.165) is 51.7 Å². The predicted molar refractivity (Wildman–Crippen MR) is 228 cm³/mol. The van der Waals surface area contributed by atoms with Crippen molar-refractivity contribution in [1.29, 1.82) is 0 Å². The van der Waals surface area contributed by atoms with Gasteiger partial charge in [0.25, 0.3) is 5.91 Å². The SMILES string of the molecule is CCCCCCCCCCCCCCCCN(CCCCCCCCCCCCCCCC)C(=O)C(C)NC(=O)CCCCC[n+]1cccc(C(N)=O)c1. The van der Waals surface area contributed by atoms with Crippen LogP contribution in [-0.4, -0.2) is 41.8 Å². The third kappa shape index (κ3) is 28.9. The summed E-state index contributed by atoms with van der Waals surface area (Å²) in [5, 5.41) is 3.01. The Bertz CT molecular complexity index is 1020. The van der Waals surface area contributed by atoms with Crippen molar-refractivity contribution in [2.24, 2.45) is 5.73 Å². The topological polar surface area (TPSA) is 96.4 Å². The molecule has 1 aromatic rings. The predicted octanol–water partition coefficient (Wildman–Crippen LogP) is 11.9. The third-order valence-electron chi connectivity index (χ3n) is 11.1. The fourth-order valence-corrected chi connectivity index (χ4v) is 7.54. The lowest BCUT2D eigenvalue weighted by Crippen LogP contribution is -2.47. The molecule has 0 aliphatic carbocycles. The Kier molecular flexibility index (Phi) is 33.2. The Morgan fingerprint density at radius 1 is 0.593 bits per heavy atom. The average molecular weight is 756 g/mol. The number of rotatable bonds is 39. The van der Waals surface area contributed by atoms with Crippen LogP contribution in [-0.2, 0) is 16.1 Å². The number of nitrogens with one attached hydrogen (secondary N) is 1. The fraction of sp³-hybridized carbons (Fsp3) is 0.830. The van der Waals surface area contributed by atoms with Crippen molar-refractivity contribution < 1.29 is 19.0 Å². The molecule has 1 atom stereocenters. The summed E-state index contributed by atoms with van der Waals surface area (Å²) in [6.07, 6.45) is 43.9. The van der Waals surface area contributed by atoms with Crippen LogP contribution in [0.4, 0.5) is 0 Å². The summed E-state index contributed by atoms with van der Waals surface area (Å²) in [6.45, 7) is 8.78. The molecule has 7 heteroatoms. The smallest absolute Gasteiger partial charge is 0.254 e. The number of nitrogens with zero attached hydrogens (tertiary/aromatic N) is 2. The number of nitrogens with two attached hydrogens (primary N) is 1. The van der Waals surface area contributed by atoms with Gasteiger partial charge in [0.1, 0.15) is 18.2 Å². The molecule has 0 saturated heterocycles. The van der Waals surface area contributed by atoms with Gasteiger partial charge in [-0.05, 0) is 38.7 Å². The van der Waals surface area contributed by atoms with Crippen molar-refractivity contribution in [3.05, 3.63) is 30.1 Å². The van der Waals surface area contributed by atoms with Crippen LogP contribution in [0.25, 0.3) is 0 Å². The highest BCUT2D eigenvalue weighted by Crippen LogP contribution is 2.16. The van der Waals surface area contributed by atoms with Gasteiger partial charge in [0.2, 0.25) is 11.8 Å². The van der Waals surface area contributed by atoms with Gasteiger partial charge >= 0.3 is 0 Å². The highest BCUT2D eigenvalue weighted by atomic mass is 16.2. The second-order valence-corrected chi connectivity index (χ2v) is 16.3. The van der Waals surface area contributed by atoms with Crippen LogP contribution in [0.5, 0.6) is 0 Å². The van der Waals surface area contributed by atoms with Gasteiger partial charge in [0, 0.05) is 32.0 Å². The standard InChI is InChI=1S/C47H86N4O3/c1-4-6-8-10-12-14-16-18-20-22-24-26-28-33-40-51(41-34-29-27-25-23-21-19-17-15-13-11-9-7-5-2)47(54)43(3)49-45(52)37-31-30-32-38-50-39-35-36-44(42-50)46(48)53/h35-36,39,42-43H,4-34,37-38,40-41H2,1-3H3,(H2-,48,49,52,53)/p+1. The number of pyridine rings is 1. The zero-order valence-electron chi connectivity index (χ0n) is 35.8. The van der Waals surface area contributed by atoms with Crippen LogP contribution in [0.1, 0.15) is 237 Å². The lowest BCUT2D eigenvalue weighted by atomic mass is 10.0. The molecule has 0 aliphatic heterocycles. The molecule has 0 radical (unpaired) electrons. The first kappa shape index (κ1) is 49.6. The van der Waals surface area contributed by atoms with E-state index < -0.39 is 11.9 Å². The number of aromatic nitrogens is 1. The van der Waals surface area contributed by atoms with E-state index in [-0.39, 0.29) is 11.8 Å². The molecule has 1 heterocycles. The minimum Gasteiger partial charge on any atom is -0.365 e. The van der Waals surface area contributed by atoms with Crippen molar-refractivity contribution in [2.45, 2.75) is 239 Å². The van der Waals surface area contributed by atoms with E-state index >= 15 is 0 Å². The number of carbonyl (C=O) groups excluding carboxylic acids is 3. The molecule has 7 nitrogen and oxygen atoms in total. The highest BCUT2D eigenvalue weighted by molar-refractivity contribution is 5.92. The van der Waals surface area contributed by atoms with Crippen molar-refractivity contribution >= 4 is 17.7 Å². The lowest BCUT2D eigenvalue weighted by Gasteiger charge is -2.26. The summed E-state index contributed by atoms with van der Waals surface area (Å²) in [5.74, 6) is -0.409. The van der Waals surface area contributed by atoms with E-state index in [0.29, 0.717) is 12.0 Å². The molecule has 3 N–H and O–H groups in total. The maximum Gasteiger partial charge on any atom is 0.254 e. The van der Waals surface area contributed by atoms with E-state index in [1.165, 1.54) is 167 Å². The van der Waals surface area contributed by atoms with Crippen LogP contribution in [0, 0.1) is 0 Å². The van der Waals surface area contributed by atoms with E-state index in [1.807, 2.05) is 28.7 Å². The van der Waals surface area contributed by atoms with Crippen LogP contribution in [0.15, 0.2) is 24.5 Å². The minimum absolute atomic E-state index is 0.0489. The van der Waals surface area contributed by atoms with Crippen molar-refractivity contribution in [1.82, 2.24) is 10.2 Å². The Hall–Kier alpha value is -2.44. The third-order valence-corrected chi connectivity index (χ3v) is 11.1. The monoisotopic (exact) mass is 756 g/mol. The lowest BCUT2D eigenvalue weighted by molar-refractivity contribution is -0.697. The summed E-state index contributed by atoms with van der Waals surface area (Å²) in [7, 11) is 0. The van der Waals surface area contributed by atoms with Crippen LogP contribution < -0.4 is 15.6 Å². The average Bonchev–Trinajstić information content (AvgIpc) is 3.16. The molecule has 0 saturated carbocycles. The van der Waals surface area contributed by atoms with Crippen molar-refractivity contribution in [2.75, 3.05) is 13.1 Å².